The molecule has 22 heavy (non-hydrogen) atoms. The number of para-hydroxylation sites is 1. The van der Waals surface area contributed by atoms with E-state index in [1.807, 2.05) is 35.2 Å². The van der Waals surface area contributed by atoms with Crippen molar-refractivity contribution in [2.45, 2.75) is 26.4 Å². The second-order valence-corrected chi connectivity index (χ2v) is 6.10. The van der Waals surface area contributed by atoms with Gasteiger partial charge in [0.05, 0.1) is 0 Å². The molecule has 0 saturated carbocycles. The Morgan fingerprint density at radius 2 is 1.77 bits per heavy atom. The fourth-order valence-corrected chi connectivity index (χ4v) is 3.30. The van der Waals surface area contributed by atoms with Gasteiger partial charge in [-0.15, -0.1) is 0 Å². The van der Waals surface area contributed by atoms with Gasteiger partial charge >= 0.3 is 0 Å². The smallest absolute Gasteiger partial charge is 0.271 e. The molecule has 3 heteroatoms. The predicted molar refractivity (Wildman–Crippen MR) is 88.7 cm³/mol. The molecule has 1 aliphatic rings. The number of H-pyrrole nitrogens is 1. The maximum absolute atomic E-state index is 13.0. The first-order valence-electron chi connectivity index (χ1n) is 7.67. The number of hydrogen-bond acceptors (Lipinski definition) is 1. The van der Waals surface area contributed by atoms with Crippen LogP contribution in [0.1, 0.15) is 29.9 Å². The zero-order valence-electron chi connectivity index (χ0n) is 12.8. The number of benzene rings is 2. The Hall–Kier alpha value is -2.55. The van der Waals surface area contributed by atoms with Crippen molar-refractivity contribution in [2.24, 2.45) is 0 Å². The minimum absolute atomic E-state index is 0.0809. The molecule has 0 radical (unpaired) electrons. The molecule has 2 aromatic carbocycles. The van der Waals surface area contributed by atoms with Crippen molar-refractivity contribution in [2.75, 3.05) is 0 Å². The van der Waals surface area contributed by atoms with Crippen LogP contribution in [0.5, 0.6) is 0 Å². The standard InChI is InChI=1S/C19H18N2O/c1-12(2)21-11-13-7-3-4-8-14(13)17-15-9-5-6-10-16(15)20-18(17)19(21)22/h3-10,12,20H,11H2,1-2H3. The van der Waals surface area contributed by atoms with Gasteiger partial charge in [-0.05, 0) is 31.0 Å². The van der Waals surface area contributed by atoms with Crippen LogP contribution in [0, 0.1) is 0 Å². The Morgan fingerprint density at radius 1 is 1.05 bits per heavy atom. The van der Waals surface area contributed by atoms with E-state index in [2.05, 4.69) is 37.0 Å². The van der Waals surface area contributed by atoms with Crippen molar-refractivity contribution in [1.29, 1.82) is 0 Å². The highest BCUT2D eigenvalue weighted by molar-refractivity contribution is 6.11. The summed E-state index contributed by atoms with van der Waals surface area (Å²) in [5, 5.41) is 1.11. The summed E-state index contributed by atoms with van der Waals surface area (Å²) in [5.41, 5.74) is 5.12. The Bertz CT molecular complexity index is 876. The first-order valence-corrected chi connectivity index (χ1v) is 7.67. The molecule has 1 aromatic heterocycles. The lowest BCUT2D eigenvalue weighted by Gasteiger charge is -2.25. The highest BCUT2D eigenvalue weighted by atomic mass is 16.2. The lowest BCUT2D eigenvalue weighted by molar-refractivity contribution is 0.0689. The molecule has 2 heterocycles. The van der Waals surface area contributed by atoms with Crippen LogP contribution in [0.15, 0.2) is 48.5 Å². The third-order valence-electron chi connectivity index (χ3n) is 4.43. The Labute approximate surface area is 129 Å². The van der Waals surface area contributed by atoms with E-state index in [-0.39, 0.29) is 11.9 Å². The molecule has 0 spiro atoms. The van der Waals surface area contributed by atoms with E-state index in [4.69, 9.17) is 0 Å². The lowest BCUT2D eigenvalue weighted by Crippen LogP contribution is -2.35. The molecule has 0 bridgehead atoms. The van der Waals surface area contributed by atoms with Gasteiger partial charge in [0, 0.05) is 29.1 Å². The van der Waals surface area contributed by atoms with Gasteiger partial charge in [0.25, 0.3) is 5.91 Å². The maximum Gasteiger partial charge on any atom is 0.271 e. The molecule has 0 fully saturated rings. The zero-order chi connectivity index (χ0) is 15.3. The summed E-state index contributed by atoms with van der Waals surface area (Å²) in [5.74, 6) is 0.0809. The summed E-state index contributed by atoms with van der Waals surface area (Å²) < 4.78 is 0. The zero-order valence-corrected chi connectivity index (χ0v) is 12.8. The summed E-state index contributed by atoms with van der Waals surface area (Å²) in [6, 6.07) is 16.6. The number of rotatable bonds is 1. The Balaban J connectivity index is 2.09. The van der Waals surface area contributed by atoms with Gasteiger partial charge in [0.2, 0.25) is 0 Å². The van der Waals surface area contributed by atoms with Crippen molar-refractivity contribution in [1.82, 2.24) is 9.88 Å². The first kappa shape index (κ1) is 13.1. The van der Waals surface area contributed by atoms with E-state index >= 15 is 0 Å². The highest BCUT2D eigenvalue weighted by Crippen LogP contribution is 2.38. The van der Waals surface area contributed by atoms with E-state index in [0.717, 1.165) is 22.0 Å². The normalized spacial score (nSPS) is 14.1. The predicted octanol–water partition coefficient (Wildman–Crippen LogP) is 4.20. The number of amides is 1. The van der Waals surface area contributed by atoms with E-state index in [0.29, 0.717) is 12.2 Å². The largest absolute Gasteiger partial charge is 0.350 e. The molecular weight excluding hydrogens is 272 g/mol. The van der Waals surface area contributed by atoms with Gasteiger partial charge in [-0.1, -0.05) is 42.5 Å². The molecule has 0 saturated heterocycles. The minimum atomic E-state index is 0.0809. The fourth-order valence-electron chi connectivity index (χ4n) is 3.30. The van der Waals surface area contributed by atoms with Gasteiger partial charge in [0.1, 0.15) is 5.69 Å². The monoisotopic (exact) mass is 290 g/mol. The van der Waals surface area contributed by atoms with Crippen LogP contribution in [0.3, 0.4) is 0 Å². The molecule has 1 N–H and O–H groups in total. The number of aromatic amines is 1. The first-order chi connectivity index (χ1) is 10.7. The van der Waals surface area contributed by atoms with Crippen LogP contribution in [0.2, 0.25) is 0 Å². The molecule has 0 aliphatic carbocycles. The molecule has 4 rings (SSSR count). The van der Waals surface area contributed by atoms with Crippen LogP contribution in [0.25, 0.3) is 22.0 Å². The molecular formula is C19H18N2O. The number of nitrogens with one attached hydrogen (secondary N) is 1. The van der Waals surface area contributed by atoms with E-state index < -0.39 is 0 Å². The summed E-state index contributed by atoms with van der Waals surface area (Å²) in [4.78, 5) is 18.3. The van der Waals surface area contributed by atoms with Crippen LogP contribution in [-0.4, -0.2) is 21.8 Å². The van der Waals surface area contributed by atoms with Gasteiger partial charge in [0.15, 0.2) is 0 Å². The lowest BCUT2D eigenvalue weighted by atomic mass is 9.98. The SMILES string of the molecule is CC(C)N1Cc2ccccc2-c2c([nH]c3ccccc23)C1=O. The average Bonchev–Trinajstić information content (AvgIpc) is 2.86. The van der Waals surface area contributed by atoms with Crippen LogP contribution in [-0.2, 0) is 6.54 Å². The average molecular weight is 290 g/mol. The summed E-state index contributed by atoms with van der Waals surface area (Å²) >= 11 is 0. The van der Waals surface area contributed by atoms with Crippen molar-refractivity contribution >= 4 is 16.8 Å². The third-order valence-corrected chi connectivity index (χ3v) is 4.43. The summed E-state index contributed by atoms with van der Waals surface area (Å²) in [7, 11) is 0. The molecule has 3 aromatic rings. The highest BCUT2D eigenvalue weighted by Gasteiger charge is 2.30. The van der Waals surface area contributed by atoms with Crippen molar-refractivity contribution < 1.29 is 4.79 Å². The van der Waals surface area contributed by atoms with Crippen LogP contribution in [0.4, 0.5) is 0 Å². The maximum atomic E-state index is 13.0. The molecule has 110 valence electrons. The second kappa shape index (κ2) is 4.73. The van der Waals surface area contributed by atoms with Gasteiger partial charge in [-0.2, -0.15) is 0 Å². The molecule has 3 nitrogen and oxygen atoms in total. The topological polar surface area (TPSA) is 36.1 Å². The number of fused-ring (bicyclic) bond motifs is 5. The number of aromatic nitrogens is 1. The number of nitrogens with zero attached hydrogens (tertiary/aromatic N) is 1. The summed E-state index contributed by atoms with van der Waals surface area (Å²) in [6.45, 7) is 4.78. The molecule has 1 amide bonds. The summed E-state index contributed by atoms with van der Waals surface area (Å²) in [6.07, 6.45) is 0. The molecule has 1 aliphatic heterocycles. The number of hydrogen-bond donors (Lipinski definition) is 1. The van der Waals surface area contributed by atoms with Crippen molar-refractivity contribution in [3.05, 3.63) is 59.8 Å². The third kappa shape index (κ3) is 1.78. The Morgan fingerprint density at radius 3 is 2.59 bits per heavy atom. The van der Waals surface area contributed by atoms with Gasteiger partial charge in [-0.25, -0.2) is 0 Å². The van der Waals surface area contributed by atoms with Crippen LogP contribution >= 0.6 is 0 Å². The van der Waals surface area contributed by atoms with Crippen molar-refractivity contribution in [3.63, 3.8) is 0 Å². The minimum Gasteiger partial charge on any atom is -0.350 e. The van der Waals surface area contributed by atoms with Gasteiger partial charge in [-0.3, -0.25) is 4.79 Å². The van der Waals surface area contributed by atoms with E-state index in [1.54, 1.807) is 0 Å². The van der Waals surface area contributed by atoms with Crippen molar-refractivity contribution in [3.8, 4) is 11.1 Å². The quantitative estimate of drug-likeness (QED) is 0.716. The fraction of sp³-hybridized carbons (Fsp3) is 0.211. The van der Waals surface area contributed by atoms with Crippen LogP contribution < -0.4 is 0 Å². The Kier molecular flexibility index (Phi) is 2.83. The van der Waals surface area contributed by atoms with E-state index in [1.165, 1.54) is 5.56 Å². The number of carbonyl (C=O) groups is 1. The molecule has 0 unspecified atom stereocenters. The number of carbonyl (C=O) groups excluding carboxylic acids is 1. The molecule has 0 atom stereocenters. The second-order valence-electron chi connectivity index (χ2n) is 6.10. The van der Waals surface area contributed by atoms with Gasteiger partial charge < -0.3 is 9.88 Å². The van der Waals surface area contributed by atoms with E-state index in [9.17, 15) is 4.79 Å².